The molecule has 0 spiro atoms. The van der Waals surface area contributed by atoms with Crippen LogP contribution in [0.25, 0.3) is 10.9 Å². The standard InChI is InChI=1S/C21H22N2O3/c1-2-25-19-9-5-6-10-20(19)26-14-21(24)23-12-11-18-16(13-23)15-7-3-4-8-17(15)22-18/h3-10,22H,2,11-14H2,1H3. The van der Waals surface area contributed by atoms with E-state index in [1.165, 1.54) is 16.6 Å². The van der Waals surface area contributed by atoms with E-state index in [0.29, 0.717) is 31.2 Å². The Kier molecular flexibility index (Phi) is 4.52. The molecule has 0 bridgehead atoms. The fraction of sp³-hybridized carbons (Fsp3) is 0.286. The number of H-pyrrole nitrogens is 1. The first-order chi connectivity index (χ1) is 12.8. The van der Waals surface area contributed by atoms with E-state index < -0.39 is 0 Å². The second-order valence-corrected chi connectivity index (χ2v) is 6.36. The molecule has 1 aliphatic heterocycles. The van der Waals surface area contributed by atoms with Gasteiger partial charge in [-0.15, -0.1) is 0 Å². The van der Waals surface area contributed by atoms with Crippen molar-refractivity contribution in [2.24, 2.45) is 0 Å². The van der Waals surface area contributed by atoms with Crippen molar-refractivity contribution in [3.63, 3.8) is 0 Å². The van der Waals surface area contributed by atoms with E-state index in [4.69, 9.17) is 9.47 Å². The second-order valence-electron chi connectivity index (χ2n) is 6.36. The Balaban J connectivity index is 1.45. The zero-order valence-corrected chi connectivity index (χ0v) is 14.8. The molecule has 0 atom stereocenters. The predicted octanol–water partition coefficient (Wildman–Crippen LogP) is 3.53. The van der Waals surface area contributed by atoms with Gasteiger partial charge in [0, 0.05) is 41.7 Å². The number of ether oxygens (including phenoxy) is 2. The molecule has 1 aliphatic rings. The van der Waals surface area contributed by atoms with Gasteiger partial charge in [-0.05, 0) is 25.1 Å². The minimum absolute atomic E-state index is 0.00719. The summed E-state index contributed by atoms with van der Waals surface area (Å²) in [7, 11) is 0. The lowest BCUT2D eigenvalue weighted by Crippen LogP contribution is -2.38. The summed E-state index contributed by atoms with van der Waals surface area (Å²) < 4.78 is 11.3. The molecule has 0 saturated carbocycles. The molecule has 5 nitrogen and oxygen atoms in total. The van der Waals surface area contributed by atoms with Gasteiger partial charge in [-0.2, -0.15) is 0 Å². The molecule has 0 saturated heterocycles. The topological polar surface area (TPSA) is 54.6 Å². The highest BCUT2D eigenvalue weighted by atomic mass is 16.5. The molecular formula is C21H22N2O3. The molecule has 134 valence electrons. The van der Waals surface area contributed by atoms with Crippen molar-refractivity contribution < 1.29 is 14.3 Å². The number of benzene rings is 2. The average Bonchev–Trinajstić information content (AvgIpc) is 3.05. The largest absolute Gasteiger partial charge is 0.490 e. The summed E-state index contributed by atoms with van der Waals surface area (Å²) in [6.07, 6.45) is 0.839. The second kappa shape index (κ2) is 7.12. The molecule has 4 rings (SSSR count). The van der Waals surface area contributed by atoms with Crippen molar-refractivity contribution in [2.45, 2.75) is 19.9 Å². The van der Waals surface area contributed by atoms with Crippen LogP contribution in [-0.4, -0.2) is 35.5 Å². The van der Waals surface area contributed by atoms with Crippen LogP contribution in [0.1, 0.15) is 18.2 Å². The third-order valence-corrected chi connectivity index (χ3v) is 4.74. The van der Waals surface area contributed by atoms with Crippen LogP contribution in [0, 0.1) is 0 Å². The van der Waals surface area contributed by atoms with Gasteiger partial charge >= 0.3 is 0 Å². The lowest BCUT2D eigenvalue weighted by molar-refractivity contribution is -0.134. The third-order valence-electron chi connectivity index (χ3n) is 4.74. The van der Waals surface area contributed by atoms with Crippen LogP contribution in [0.5, 0.6) is 11.5 Å². The molecule has 0 radical (unpaired) electrons. The molecule has 26 heavy (non-hydrogen) atoms. The molecule has 2 aromatic carbocycles. The summed E-state index contributed by atoms with van der Waals surface area (Å²) in [5.74, 6) is 1.26. The Bertz CT molecular complexity index is 932. The maximum absolute atomic E-state index is 12.7. The average molecular weight is 350 g/mol. The lowest BCUT2D eigenvalue weighted by Gasteiger charge is -2.27. The van der Waals surface area contributed by atoms with Gasteiger partial charge in [-0.3, -0.25) is 4.79 Å². The molecule has 0 unspecified atom stereocenters. The molecule has 1 aromatic heterocycles. The zero-order chi connectivity index (χ0) is 17.9. The van der Waals surface area contributed by atoms with Crippen LogP contribution in [-0.2, 0) is 17.8 Å². The van der Waals surface area contributed by atoms with Crippen molar-refractivity contribution in [3.8, 4) is 11.5 Å². The Hall–Kier alpha value is -2.95. The Labute approximate surface area is 152 Å². The van der Waals surface area contributed by atoms with Crippen LogP contribution in [0.2, 0.25) is 0 Å². The van der Waals surface area contributed by atoms with E-state index >= 15 is 0 Å². The zero-order valence-electron chi connectivity index (χ0n) is 14.8. The van der Waals surface area contributed by atoms with Gasteiger partial charge in [-0.1, -0.05) is 30.3 Å². The molecule has 1 N–H and O–H groups in total. The van der Waals surface area contributed by atoms with E-state index in [0.717, 1.165) is 11.9 Å². The minimum atomic E-state index is -0.00719. The quantitative estimate of drug-likeness (QED) is 0.766. The number of fused-ring (bicyclic) bond motifs is 3. The summed E-state index contributed by atoms with van der Waals surface area (Å²) in [5.41, 5.74) is 3.58. The number of aromatic nitrogens is 1. The van der Waals surface area contributed by atoms with Gasteiger partial charge in [0.05, 0.1) is 6.61 Å². The van der Waals surface area contributed by atoms with Crippen LogP contribution in [0.4, 0.5) is 0 Å². The Morgan fingerprint density at radius 2 is 1.81 bits per heavy atom. The normalized spacial score (nSPS) is 13.5. The number of rotatable bonds is 5. The highest BCUT2D eigenvalue weighted by molar-refractivity contribution is 5.86. The molecule has 1 amide bonds. The van der Waals surface area contributed by atoms with E-state index in [2.05, 4.69) is 17.1 Å². The SMILES string of the molecule is CCOc1ccccc1OCC(=O)N1CCc2[nH]c3ccccc3c2C1. The van der Waals surface area contributed by atoms with Gasteiger partial charge in [-0.25, -0.2) is 0 Å². The van der Waals surface area contributed by atoms with Gasteiger partial charge < -0.3 is 19.4 Å². The number of carbonyl (C=O) groups excluding carboxylic acids is 1. The summed E-state index contributed by atoms with van der Waals surface area (Å²) in [4.78, 5) is 18.0. The summed E-state index contributed by atoms with van der Waals surface area (Å²) in [6, 6.07) is 15.7. The highest BCUT2D eigenvalue weighted by Gasteiger charge is 2.24. The minimum Gasteiger partial charge on any atom is -0.490 e. The maximum Gasteiger partial charge on any atom is 0.260 e. The van der Waals surface area contributed by atoms with Gasteiger partial charge in [0.25, 0.3) is 5.91 Å². The number of carbonyl (C=O) groups is 1. The van der Waals surface area contributed by atoms with Gasteiger partial charge in [0.2, 0.25) is 0 Å². The number of amides is 1. The van der Waals surface area contributed by atoms with Crippen LogP contribution in [0.3, 0.4) is 0 Å². The molecule has 0 aliphatic carbocycles. The first-order valence-electron chi connectivity index (χ1n) is 8.97. The molecular weight excluding hydrogens is 328 g/mol. The summed E-state index contributed by atoms with van der Waals surface area (Å²) in [5, 5.41) is 1.20. The maximum atomic E-state index is 12.7. The summed E-state index contributed by atoms with van der Waals surface area (Å²) in [6.45, 7) is 3.82. The van der Waals surface area contributed by atoms with Crippen molar-refractivity contribution in [2.75, 3.05) is 19.8 Å². The smallest absolute Gasteiger partial charge is 0.260 e. The van der Waals surface area contributed by atoms with Gasteiger partial charge in [0.1, 0.15) is 0 Å². The van der Waals surface area contributed by atoms with Crippen LogP contribution >= 0.6 is 0 Å². The molecule has 3 aromatic rings. The molecule has 5 heteroatoms. The first-order valence-corrected chi connectivity index (χ1v) is 8.97. The number of para-hydroxylation sites is 3. The van der Waals surface area contributed by atoms with Crippen molar-refractivity contribution in [1.29, 1.82) is 0 Å². The number of nitrogens with one attached hydrogen (secondary N) is 1. The molecule has 2 heterocycles. The van der Waals surface area contributed by atoms with Crippen molar-refractivity contribution in [1.82, 2.24) is 9.88 Å². The Morgan fingerprint density at radius 1 is 1.08 bits per heavy atom. The molecule has 0 fully saturated rings. The van der Waals surface area contributed by atoms with E-state index in [9.17, 15) is 4.79 Å². The highest BCUT2D eigenvalue weighted by Crippen LogP contribution is 2.29. The van der Waals surface area contributed by atoms with Crippen molar-refractivity contribution >= 4 is 16.8 Å². The van der Waals surface area contributed by atoms with Crippen LogP contribution in [0.15, 0.2) is 48.5 Å². The Morgan fingerprint density at radius 3 is 2.62 bits per heavy atom. The number of hydrogen-bond donors (Lipinski definition) is 1. The van der Waals surface area contributed by atoms with E-state index in [1.807, 2.05) is 48.2 Å². The number of hydrogen-bond acceptors (Lipinski definition) is 3. The van der Waals surface area contributed by atoms with E-state index in [1.54, 1.807) is 0 Å². The number of nitrogens with zero attached hydrogens (tertiary/aromatic N) is 1. The lowest BCUT2D eigenvalue weighted by atomic mass is 10.0. The number of aromatic amines is 1. The van der Waals surface area contributed by atoms with Gasteiger partial charge in [0.15, 0.2) is 18.1 Å². The fourth-order valence-corrected chi connectivity index (χ4v) is 3.45. The monoisotopic (exact) mass is 350 g/mol. The summed E-state index contributed by atoms with van der Waals surface area (Å²) >= 11 is 0. The van der Waals surface area contributed by atoms with Crippen LogP contribution < -0.4 is 9.47 Å². The predicted molar refractivity (Wildman–Crippen MR) is 101 cm³/mol. The first kappa shape index (κ1) is 16.5. The fourth-order valence-electron chi connectivity index (χ4n) is 3.45. The third kappa shape index (κ3) is 3.12. The van der Waals surface area contributed by atoms with E-state index in [-0.39, 0.29) is 12.5 Å². The van der Waals surface area contributed by atoms with Crippen molar-refractivity contribution in [3.05, 3.63) is 59.8 Å².